The smallest absolute Gasteiger partial charge is 0.319 e. The topological polar surface area (TPSA) is 75.5 Å². The number of aliphatic hydroxyl groups is 1. The van der Waals surface area contributed by atoms with Crippen molar-refractivity contribution in [3.63, 3.8) is 0 Å². The van der Waals surface area contributed by atoms with Gasteiger partial charge in [-0.3, -0.25) is 0 Å². The SMILES string of the molecule is COCC(O)CCNC(=O)Nc1ccc2c(ccn2CC(C)C)c1. The van der Waals surface area contributed by atoms with Crippen molar-refractivity contribution < 1.29 is 14.6 Å². The van der Waals surface area contributed by atoms with Crippen LogP contribution in [-0.2, 0) is 11.3 Å². The molecule has 1 aromatic carbocycles. The molecule has 0 aliphatic heterocycles. The largest absolute Gasteiger partial charge is 0.391 e. The third-order valence-electron chi connectivity index (χ3n) is 3.71. The van der Waals surface area contributed by atoms with E-state index < -0.39 is 6.10 Å². The van der Waals surface area contributed by atoms with Crippen LogP contribution < -0.4 is 10.6 Å². The van der Waals surface area contributed by atoms with Crippen molar-refractivity contribution in [2.45, 2.75) is 32.9 Å². The Morgan fingerprint density at radius 3 is 2.83 bits per heavy atom. The van der Waals surface area contributed by atoms with Gasteiger partial charge in [-0.05, 0) is 36.6 Å². The summed E-state index contributed by atoms with van der Waals surface area (Å²) < 4.78 is 7.07. The Labute approximate surface area is 142 Å². The van der Waals surface area contributed by atoms with E-state index in [2.05, 4.69) is 41.3 Å². The van der Waals surface area contributed by atoms with Gasteiger partial charge in [0.1, 0.15) is 0 Å². The first-order chi connectivity index (χ1) is 11.5. The van der Waals surface area contributed by atoms with Crippen LogP contribution in [0.3, 0.4) is 0 Å². The fourth-order valence-electron chi connectivity index (χ4n) is 2.63. The Morgan fingerprint density at radius 1 is 1.33 bits per heavy atom. The lowest BCUT2D eigenvalue weighted by Crippen LogP contribution is -2.32. The maximum absolute atomic E-state index is 11.9. The van der Waals surface area contributed by atoms with E-state index >= 15 is 0 Å². The number of anilines is 1. The predicted molar refractivity (Wildman–Crippen MR) is 96.3 cm³/mol. The van der Waals surface area contributed by atoms with E-state index in [1.165, 1.54) is 7.11 Å². The summed E-state index contributed by atoms with van der Waals surface area (Å²) in [4.78, 5) is 11.9. The highest BCUT2D eigenvalue weighted by atomic mass is 16.5. The van der Waals surface area contributed by atoms with Crippen LogP contribution in [0.25, 0.3) is 10.9 Å². The lowest BCUT2D eigenvalue weighted by molar-refractivity contribution is 0.0599. The molecule has 1 heterocycles. The second-order valence-corrected chi connectivity index (χ2v) is 6.41. The number of hydrogen-bond acceptors (Lipinski definition) is 3. The molecule has 0 aliphatic carbocycles. The molecule has 6 heteroatoms. The van der Waals surface area contributed by atoms with Gasteiger partial charge in [0.2, 0.25) is 0 Å². The van der Waals surface area contributed by atoms with Crippen molar-refractivity contribution in [3.05, 3.63) is 30.5 Å². The highest BCUT2D eigenvalue weighted by Crippen LogP contribution is 2.21. The van der Waals surface area contributed by atoms with Gasteiger partial charge < -0.3 is 25.0 Å². The van der Waals surface area contributed by atoms with Gasteiger partial charge in [0.15, 0.2) is 0 Å². The Bertz CT molecular complexity index is 667. The monoisotopic (exact) mass is 333 g/mol. The van der Waals surface area contributed by atoms with Crippen LogP contribution in [-0.4, -0.2) is 42.1 Å². The van der Waals surface area contributed by atoms with Crippen molar-refractivity contribution in [1.29, 1.82) is 0 Å². The van der Waals surface area contributed by atoms with Gasteiger partial charge in [-0.15, -0.1) is 0 Å². The average Bonchev–Trinajstić information content (AvgIpc) is 2.89. The number of fused-ring (bicyclic) bond motifs is 1. The molecule has 0 fully saturated rings. The van der Waals surface area contributed by atoms with E-state index in [9.17, 15) is 9.90 Å². The molecule has 0 saturated heterocycles. The molecule has 1 atom stereocenters. The molecule has 1 aromatic heterocycles. The summed E-state index contributed by atoms with van der Waals surface area (Å²) in [5, 5.41) is 16.2. The summed E-state index contributed by atoms with van der Waals surface area (Å²) in [6.07, 6.45) is 1.97. The predicted octanol–water partition coefficient (Wildman–Crippen LogP) is 2.82. The minimum absolute atomic E-state index is 0.271. The van der Waals surface area contributed by atoms with E-state index in [-0.39, 0.29) is 12.6 Å². The second kappa shape index (κ2) is 8.70. The molecule has 0 bridgehead atoms. The summed E-state index contributed by atoms with van der Waals surface area (Å²) >= 11 is 0. The normalized spacial score (nSPS) is 12.5. The molecule has 0 saturated carbocycles. The molecule has 1 unspecified atom stereocenters. The molecule has 3 N–H and O–H groups in total. The van der Waals surface area contributed by atoms with Crippen molar-refractivity contribution >= 4 is 22.6 Å². The number of hydrogen-bond donors (Lipinski definition) is 3. The minimum atomic E-state index is -0.563. The fraction of sp³-hybridized carbons (Fsp3) is 0.500. The number of nitrogens with one attached hydrogen (secondary N) is 2. The van der Waals surface area contributed by atoms with E-state index in [1.807, 2.05) is 18.2 Å². The Morgan fingerprint density at radius 2 is 2.12 bits per heavy atom. The molecular formula is C18H27N3O3. The first-order valence-electron chi connectivity index (χ1n) is 8.30. The van der Waals surface area contributed by atoms with Crippen LogP contribution in [0.4, 0.5) is 10.5 Å². The summed E-state index contributed by atoms with van der Waals surface area (Å²) in [5.41, 5.74) is 1.91. The number of carbonyl (C=O) groups is 1. The number of urea groups is 1. The van der Waals surface area contributed by atoms with Gasteiger partial charge in [0.05, 0.1) is 12.7 Å². The van der Waals surface area contributed by atoms with Crippen LogP contribution in [0, 0.1) is 5.92 Å². The lowest BCUT2D eigenvalue weighted by Gasteiger charge is -2.11. The number of aliphatic hydroxyl groups excluding tert-OH is 1. The van der Waals surface area contributed by atoms with Crippen LogP contribution in [0.15, 0.2) is 30.5 Å². The van der Waals surface area contributed by atoms with Crippen LogP contribution in [0.1, 0.15) is 20.3 Å². The zero-order valence-electron chi connectivity index (χ0n) is 14.6. The van der Waals surface area contributed by atoms with Gasteiger partial charge in [-0.2, -0.15) is 0 Å². The molecule has 0 aliphatic rings. The Hall–Kier alpha value is -2.05. The minimum Gasteiger partial charge on any atom is -0.391 e. The number of carbonyl (C=O) groups excluding carboxylic acids is 1. The van der Waals surface area contributed by atoms with Crippen molar-refractivity contribution in [1.82, 2.24) is 9.88 Å². The van der Waals surface area contributed by atoms with Gasteiger partial charge in [0.25, 0.3) is 0 Å². The number of methoxy groups -OCH3 is 1. The highest BCUT2D eigenvalue weighted by Gasteiger charge is 2.07. The number of ether oxygens (including phenoxy) is 1. The highest BCUT2D eigenvalue weighted by molar-refractivity contribution is 5.92. The molecule has 2 rings (SSSR count). The Kier molecular flexibility index (Phi) is 6.63. The maximum Gasteiger partial charge on any atom is 0.319 e. The van der Waals surface area contributed by atoms with E-state index in [0.717, 1.165) is 23.1 Å². The summed E-state index contributed by atoms with van der Waals surface area (Å²) in [5.74, 6) is 0.581. The quantitative estimate of drug-likeness (QED) is 0.695. The summed E-state index contributed by atoms with van der Waals surface area (Å²) in [6, 6.07) is 7.67. The van der Waals surface area contributed by atoms with Gasteiger partial charge in [-0.1, -0.05) is 13.8 Å². The Balaban J connectivity index is 1.89. The fourth-order valence-corrected chi connectivity index (χ4v) is 2.63. The number of amides is 2. The molecule has 132 valence electrons. The number of nitrogens with zero attached hydrogens (tertiary/aromatic N) is 1. The molecule has 0 spiro atoms. The molecular weight excluding hydrogens is 306 g/mol. The standard InChI is InChI=1S/C18H27N3O3/c1-13(2)11-21-9-7-14-10-15(4-5-17(14)21)20-18(23)19-8-6-16(22)12-24-3/h4-5,7,9-10,13,16,22H,6,8,11-12H2,1-3H3,(H2,19,20,23). The number of aromatic nitrogens is 1. The molecule has 6 nitrogen and oxygen atoms in total. The maximum atomic E-state index is 11.9. The third kappa shape index (κ3) is 5.25. The third-order valence-corrected chi connectivity index (χ3v) is 3.71. The van der Waals surface area contributed by atoms with Crippen molar-refractivity contribution in [2.75, 3.05) is 25.6 Å². The van der Waals surface area contributed by atoms with E-state index in [1.54, 1.807) is 0 Å². The van der Waals surface area contributed by atoms with E-state index in [0.29, 0.717) is 18.9 Å². The second-order valence-electron chi connectivity index (χ2n) is 6.41. The zero-order chi connectivity index (χ0) is 17.5. The first-order valence-corrected chi connectivity index (χ1v) is 8.30. The van der Waals surface area contributed by atoms with Crippen molar-refractivity contribution in [2.24, 2.45) is 5.92 Å². The number of rotatable bonds is 8. The van der Waals surface area contributed by atoms with Crippen molar-refractivity contribution in [3.8, 4) is 0 Å². The van der Waals surface area contributed by atoms with Gasteiger partial charge in [-0.25, -0.2) is 4.79 Å². The van der Waals surface area contributed by atoms with Crippen LogP contribution in [0.5, 0.6) is 0 Å². The average molecular weight is 333 g/mol. The molecule has 2 aromatic rings. The van der Waals surface area contributed by atoms with Gasteiger partial charge in [0, 0.05) is 43.0 Å². The first kappa shape index (κ1) is 18.3. The van der Waals surface area contributed by atoms with Crippen LogP contribution >= 0.6 is 0 Å². The van der Waals surface area contributed by atoms with E-state index in [4.69, 9.17) is 4.74 Å². The zero-order valence-corrected chi connectivity index (χ0v) is 14.6. The molecule has 0 radical (unpaired) electrons. The molecule has 2 amide bonds. The lowest BCUT2D eigenvalue weighted by atomic mass is 10.2. The van der Waals surface area contributed by atoms with Crippen LogP contribution in [0.2, 0.25) is 0 Å². The number of benzene rings is 1. The van der Waals surface area contributed by atoms with Gasteiger partial charge >= 0.3 is 6.03 Å². The summed E-state index contributed by atoms with van der Waals surface area (Å²) in [6.45, 7) is 6.02. The molecule has 24 heavy (non-hydrogen) atoms. The summed E-state index contributed by atoms with van der Waals surface area (Å²) in [7, 11) is 1.54.